The van der Waals surface area contributed by atoms with Crippen LogP contribution in [0.1, 0.15) is 48.9 Å². The number of carbonyl (C=O) groups excluding carboxylic acids is 1. The Morgan fingerprint density at radius 1 is 1.04 bits per heavy atom. The summed E-state index contributed by atoms with van der Waals surface area (Å²) in [6.45, 7) is 6.27. The fourth-order valence-electron chi connectivity index (χ4n) is 3.68. The zero-order valence-corrected chi connectivity index (χ0v) is 16.9. The summed E-state index contributed by atoms with van der Waals surface area (Å²) in [5, 5.41) is 3.31. The number of benzene rings is 2. The van der Waals surface area contributed by atoms with Crippen LogP contribution in [0, 0.1) is 0 Å². The number of anilines is 1. The van der Waals surface area contributed by atoms with Gasteiger partial charge in [0.2, 0.25) is 5.91 Å². The van der Waals surface area contributed by atoms with Crippen molar-refractivity contribution in [2.75, 3.05) is 11.9 Å². The Kier molecular flexibility index (Phi) is 6.69. The second kappa shape index (κ2) is 9.40. The van der Waals surface area contributed by atoms with Gasteiger partial charge in [0.05, 0.1) is 6.54 Å². The van der Waals surface area contributed by atoms with E-state index in [0.29, 0.717) is 25.5 Å². The lowest BCUT2D eigenvalue weighted by atomic mass is 10.0. The summed E-state index contributed by atoms with van der Waals surface area (Å²) < 4.78 is 0. The van der Waals surface area contributed by atoms with Crippen molar-refractivity contribution in [1.82, 2.24) is 4.90 Å². The first-order valence-corrected chi connectivity index (χ1v) is 10.1. The summed E-state index contributed by atoms with van der Waals surface area (Å²) in [5.41, 5.74) is 12.0. The molecule has 1 aliphatic heterocycles. The largest absolute Gasteiger partial charge is 0.370 e. The molecule has 28 heavy (non-hydrogen) atoms. The fraction of sp³-hybridized carbons (Fsp3) is 0.391. The van der Waals surface area contributed by atoms with Gasteiger partial charge < -0.3 is 16.0 Å². The predicted octanol–water partition coefficient (Wildman–Crippen LogP) is 3.86. The van der Waals surface area contributed by atoms with E-state index in [1.54, 1.807) is 0 Å². The van der Waals surface area contributed by atoms with Gasteiger partial charge in [0.25, 0.3) is 0 Å². The molecular weight excluding hydrogens is 348 g/mol. The van der Waals surface area contributed by atoms with E-state index >= 15 is 0 Å². The van der Waals surface area contributed by atoms with Crippen molar-refractivity contribution in [2.45, 2.75) is 52.6 Å². The molecule has 0 spiro atoms. The fourth-order valence-corrected chi connectivity index (χ4v) is 3.68. The molecule has 0 aromatic heterocycles. The molecule has 0 atom stereocenters. The number of carbonyl (C=O) groups is 1. The first kappa shape index (κ1) is 19.9. The van der Waals surface area contributed by atoms with Gasteiger partial charge in [-0.3, -0.25) is 4.79 Å². The number of nitrogens with zero attached hydrogens (tertiary/aromatic N) is 2. The summed E-state index contributed by atoms with van der Waals surface area (Å²) in [6.07, 6.45) is 3.49. The number of rotatable bonds is 7. The van der Waals surface area contributed by atoms with Crippen LogP contribution in [0.5, 0.6) is 0 Å². The summed E-state index contributed by atoms with van der Waals surface area (Å²) in [6, 6.07) is 14.5. The zero-order valence-electron chi connectivity index (χ0n) is 16.9. The van der Waals surface area contributed by atoms with Gasteiger partial charge in [-0.05, 0) is 41.5 Å². The predicted molar refractivity (Wildman–Crippen MR) is 115 cm³/mol. The van der Waals surface area contributed by atoms with Crippen LogP contribution in [0.4, 0.5) is 5.69 Å². The van der Waals surface area contributed by atoms with Crippen LogP contribution >= 0.6 is 0 Å². The number of aryl methyl sites for hydroxylation is 2. The van der Waals surface area contributed by atoms with Crippen molar-refractivity contribution in [3.8, 4) is 0 Å². The van der Waals surface area contributed by atoms with Gasteiger partial charge in [0.1, 0.15) is 0 Å². The number of nitrogens with one attached hydrogen (secondary N) is 1. The van der Waals surface area contributed by atoms with E-state index in [1.807, 2.05) is 17.0 Å². The van der Waals surface area contributed by atoms with Crippen molar-refractivity contribution in [3.05, 3.63) is 64.7 Å². The molecule has 0 radical (unpaired) electrons. The van der Waals surface area contributed by atoms with Gasteiger partial charge in [-0.15, -0.1) is 0 Å². The molecule has 1 fully saturated rings. The highest BCUT2D eigenvalue weighted by atomic mass is 16.2. The first-order chi connectivity index (χ1) is 13.6. The van der Waals surface area contributed by atoms with E-state index in [9.17, 15) is 4.79 Å². The van der Waals surface area contributed by atoms with Gasteiger partial charge in [-0.1, -0.05) is 56.3 Å². The van der Waals surface area contributed by atoms with Gasteiger partial charge >= 0.3 is 0 Å². The maximum absolute atomic E-state index is 11.9. The molecule has 5 nitrogen and oxygen atoms in total. The van der Waals surface area contributed by atoms with E-state index in [0.717, 1.165) is 42.6 Å². The molecule has 0 aliphatic carbocycles. The molecule has 1 amide bonds. The van der Waals surface area contributed by atoms with Crippen LogP contribution in [0.15, 0.2) is 47.5 Å². The average Bonchev–Trinajstić information content (AvgIpc) is 3.12. The minimum absolute atomic E-state index is 0.239. The van der Waals surface area contributed by atoms with Crippen LogP contribution in [0.25, 0.3) is 0 Å². The lowest BCUT2D eigenvalue weighted by molar-refractivity contribution is -0.128. The normalized spacial score (nSPS) is 14.6. The first-order valence-electron chi connectivity index (χ1n) is 10.1. The maximum Gasteiger partial charge on any atom is 0.222 e. The second-order valence-corrected chi connectivity index (χ2v) is 7.17. The van der Waals surface area contributed by atoms with E-state index in [4.69, 9.17) is 5.73 Å². The minimum atomic E-state index is 0.239. The van der Waals surface area contributed by atoms with Crippen LogP contribution in [0.2, 0.25) is 0 Å². The molecule has 1 heterocycles. The highest BCUT2D eigenvalue weighted by molar-refractivity contribution is 5.93. The van der Waals surface area contributed by atoms with Crippen molar-refractivity contribution in [1.29, 1.82) is 0 Å². The van der Waals surface area contributed by atoms with Gasteiger partial charge in [-0.25, -0.2) is 4.99 Å². The number of likely N-dealkylation sites (tertiary alicyclic amines) is 1. The number of guanidine groups is 1. The Morgan fingerprint density at radius 2 is 1.68 bits per heavy atom. The molecule has 2 aromatic rings. The molecule has 0 unspecified atom stereocenters. The molecule has 3 N–H and O–H groups in total. The van der Waals surface area contributed by atoms with Gasteiger partial charge in [0, 0.05) is 25.2 Å². The summed E-state index contributed by atoms with van der Waals surface area (Å²) >= 11 is 0. The van der Waals surface area contributed by atoms with Crippen molar-refractivity contribution < 1.29 is 4.79 Å². The number of hydrogen-bond donors (Lipinski definition) is 2. The van der Waals surface area contributed by atoms with E-state index in [1.165, 1.54) is 11.1 Å². The maximum atomic E-state index is 11.9. The topological polar surface area (TPSA) is 70.7 Å². The quantitative estimate of drug-likeness (QED) is 0.568. The third-order valence-electron chi connectivity index (χ3n) is 5.32. The molecule has 0 bridgehead atoms. The molecule has 3 rings (SSSR count). The standard InChI is InChI=1S/C23H30N4O/c1-3-17-11-7-12-18(4-2)22(17)26-23(24)25-15-19-9-5-6-10-20(19)16-27-14-8-13-21(27)28/h5-7,9-12H,3-4,8,13-16H2,1-2H3,(H3,24,25,26). The number of aliphatic imine (C=N–C) groups is 1. The third-order valence-corrected chi connectivity index (χ3v) is 5.32. The molecule has 1 aliphatic rings. The van der Waals surface area contributed by atoms with Crippen LogP contribution in [-0.4, -0.2) is 23.3 Å². The zero-order chi connectivity index (χ0) is 19.9. The lowest BCUT2D eigenvalue weighted by Crippen LogP contribution is -2.25. The van der Waals surface area contributed by atoms with E-state index in [2.05, 4.69) is 54.5 Å². The highest BCUT2D eigenvalue weighted by Crippen LogP contribution is 2.22. The van der Waals surface area contributed by atoms with E-state index in [-0.39, 0.29) is 5.91 Å². The Labute approximate surface area is 167 Å². The molecule has 148 valence electrons. The Morgan fingerprint density at radius 3 is 2.29 bits per heavy atom. The molecule has 2 aromatic carbocycles. The Hall–Kier alpha value is -2.82. The summed E-state index contributed by atoms with van der Waals surface area (Å²) in [4.78, 5) is 18.4. The van der Waals surface area contributed by atoms with Crippen molar-refractivity contribution in [3.63, 3.8) is 0 Å². The number of hydrogen-bond acceptors (Lipinski definition) is 2. The molecule has 1 saturated heterocycles. The monoisotopic (exact) mass is 378 g/mol. The van der Waals surface area contributed by atoms with Crippen LogP contribution in [0.3, 0.4) is 0 Å². The average molecular weight is 379 g/mol. The van der Waals surface area contributed by atoms with Crippen LogP contribution < -0.4 is 11.1 Å². The van der Waals surface area contributed by atoms with Crippen LogP contribution in [-0.2, 0) is 30.7 Å². The lowest BCUT2D eigenvalue weighted by Gasteiger charge is -2.18. The SMILES string of the molecule is CCc1cccc(CC)c1NC(N)=NCc1ccccc1CN1CCCC1=O. The van der Waals surface area contributed by atoms with E-state index < -0.39 is 0 Å². The van der Waals surface area contributed by atoms with Gasteiger partial charge in [0.15, 0.2) is 5.96 Å². The summed E-state index contributed by atoms with van der Waals surface area (Å²) in [5.74, 6) is 0.658. The smallest absolute Gasteiger partial charge is 0.222 e. The minimum Gasteiger partial charge on any atom is -0.370 e. The second-order valence-electron chi connectivity index (χ2n) is 7.17. The Balaban J connectivity index is 1.73. The molecular formula is C23H30N4O. The van der Waals surface area contributed by atoms with Crippen molar-refractivity contribution >= 4 is 17.6 Å². The number of nitrogens with two attached hydrogens (primary N) is 1. The molecule has 0 saturated carbocycles. The van der Waals surface area contributed by atoms with Gasteiger partial charge in [-0.2, -0.15) is 0 Å². The third kappa shape index (κ3) is 4.71. The number of para-hydroxylation sites is 1. The Bertz CT molecular complexity index is 837. The summed E-state index contributed by atoms with van der Waals surface area (Å²) in [7, 11) is 0. The molecule has 5 heteroatoms. The van der Waals surface area contributed by atoms with Crippen molar-refractivity contribution in [2.24, 2.45) is 10.7 Å². The number of amides is 1. The highest BCUT2D eigenvalue weighted by Gasteiger charge is 2.20.